The van der Waals surface area contributed by atoms with Crippen LogP contribution in [-0.2, 0) is 11.2 Å². The first-order valence-corrected chi connectivity index (χ1v) is 6.66. The molecule has 18 heavy (non-hydrogen) atoms. The molecule has 1 N–H and O–H groups in total. The minimum Gasteiger partial charge on any atom is -0.496 e. The summed E-state index contributed by atoms with van der Waals surface area (Å²) >= 11 is 0. The van der Waals surface area contributed by atoms with Crippen molar-refractivity contribution in [2.75, 3.05) is 27.4 Å². The lowest BCUT2D eigenvalue weighted by Gasteiger charge is -2.32. The topological polar surface area (TPSA) is 30.5 Å². The third-order valence-electron chi connectivity index (χ3n) is 3.81. The number of hydrogen-bond acceptors (Lipinski definition) is 3. The van der Waals surface area contributed by atoms with E-state index in [1.165, 1.54) is 11.1 Å². The van der Waals surface area contributed by atoms with Crippen molar-refractivity contribution in [2.24, 2.45) is 5.92 Å². The van der Waals surface area contributed by atoms with Gasteiger partial charge in [-0.25, -0.2) is 0 Å². The molecule has 3 heteroatoms. The third-order valence-corrected chi connectivity index (χ3v) is 3.81. The summed E-state index contributed by atoms with van der Waals surface area (Å²) in [7, 11) is 3.51. The summed E-state index contributed by atoms with van der Waals surface area (Å²) in [5.74, 6) is 1.59. The molecule has 1 aromatic rings. The van der Waals surface area contributed by atoms with Gasteiger partial charge in [0, 0.05) is 25.3 Å². The molecule has 1 aliphatic rings. The van der Waals surface area contributed by atoms with E-state index < -0.39 is 0 Å². The summed E-state index contributed by atoms with van der Waals surface area (Å²) in [6.45, 7) is 4.12. The molecule has 0 radical (unpaired) electrons. The Kier molecular flexibility index (Phi) is 4.61. The molecule has 1 aliphatic heterocycles. The van der Waals surface area contributed by atoms with E-state index in [2.05, 4.69) is 30.4 Å². The molecule has 0 bridgehead atoms. The Morgan fingerprint density at radius 2 is 2.22 bits per heavy atom. The molecule has 0 amide bonds. The van der Waals surface area contributed by atoms with Crippen LogP contribution in [0, 0.1) is 5.92 Å². The second-order valence-electron chi connectivity index (χ2n) is 4.97. The zero-order valence-corrected chi connectivity index (χ0v) is 11.5. The van der Waals surface area contributed by atoms with Crippen LogP contribution in [-0.4, -0.2) is 27.4 Å². The number of nitrogens with one attached hydrogen (secondary N) is 1. The van der Waals surface area contributed by atoms with Crippen molar-refractivity contribution in [3.05, 3.63) is 29.3 Å². The van der Waals surface area contributed by atoms with Crippen molar-refractivity contribution < 1.29 is 9.47 Å². The van der Waals surface area contributed by atoms with E-state index in [-0.39, 0.29) is 0 Å². The second kappa shape index (κ2) is 6.21. The van der Waals surface area contributed by atoms with Gasteiger partial charge in [0.2, 0.25) is 0 Å². The maximum Gasteiger partial charge on any atom is 0.122 e. The minimum atomic E-state index is 0.416. The SMILES string of the molecule is COCCC(C)C1NCCc2c(OC)cccc21. The average Bonchev–Trinajstić information content (AvgIpc) is 2.43. The highest BCUT2D eigenvalue weighted by atomic mass is 16.5. The molecular formula is C15H23NO2. The van der Waals surface area contributed by atoms with E-state index >= 15 is 0 Å². The highest BCUT2D eigenvalue weighted by molar-refractivity contribution is 5.43. The molecule has 1 aromatic carbocycles. The molecule has 1 heterocycles. The summed E-state index contributed by atoms with van der Waals surface area (Å²) in [4.78, 5) is 0. The monoisotopic (exact) mass is 249 g/mol. The smallest absolute Gasteiger partial charge is 0.122 e. The van der Waals surface area contributed by atoms with Crippen LogP contribution in [0.1, 0.15) is 30.5 Å². The quantitative estimate of drug-likeness (QED) is 0.870. The van der Waals surface area contributed by atoms with Crippen LogP contribution in [0.15, 0.2) is 18.2 Å². The number of rotatable bonds is 5. The molecule has 0 aliphatic carbocycles. The lowest BCUT2D eigenvalue weighted by molar-refractivity contribution is 0.169. The molecule has 2 rings (SSSR count). The fourth-order valence-corrected chi connectivity index (χ4v) is 2.77. The van der Waals surface area contributed by atoms with E-state index in [1.807, 2.05) is 0 Å². The van der Waals surface area contributed by atoms with Gasteiger partial charge in [0.15, 0.2) is 0 Å². The van der Waals surface area contributed by atoms with Gasteiger partial charge in [0.1, 0.15) is 5.75 Å². The predicted molar refractivity (Wildman–Crippen MR) is 73.1 cm³/mol. The lowest BCUT2D eigenvalue weighted by atomic mass is 9.85. The van der Waals surface area contributed by atoms with Gasteiger partial charge in [-0.15, -0.1) is 0 Å². The maximum atomic E-state index is 5.47. The number of methoxy groups -OCH3 is 2. The number of hydrogen-bond donors (Lipinski definition) is 1. The van der Waals surface area contributed by atoms with E-state index in [1.54, 1.807) is 14.2 Å². The van der Waals surface area contributed by atoms with E-state index in [4.69, 9.17) is 9.47 Å². The Bertz CT molecular complexity index is 392. The fraction of sp³-hybridized carbons (Fsp3) is 0.600. The standard InChI is InChI=1S/C15H23NO2/c1-11(8-10-17-2)15-13-5-4-6-14(18-3)12(13)7-9-16-15/h4-6,11,15-16H,7-10H2,1-3H3. The van der Waals surface area contributed by atoms with Gasteiger partial charge in [0.25, 0.3) is 0 Å². The van der Waals surface area contributed by atoms with Crippen molar-refractivity contribution in [3.8, 4) is 5.75 Å². The molecule has 0 saturated carbocycles. The van der Waals surface area contributed by atoms with Crippen LogP contribution in [0.4, 0.5) is 0 Å². The van der Waals surface area contributed by atoms with Crippen molar-refractivity contribution >= 4 is 0 Å². The van der Waals surface area contributed by atoms with Crippen molar-refractivity contribution in [1.29, 1.82) is 0 Å². The zero-order valence-electron chi connectivity index (χ0n) is 11.5. The predicted octanol–water partition coefficient (Wildman–Crippen LogP) is 2.55. The Labute approximate surface area is 109 Å². The molecule has 3 nitrogen and oxygen atoms in total. The van der Waals surface area contributed by atoms with Crippen LogP contribution in [0.2, 0.25) is 0 Å². The van der Waals surface area contributed by atoms with Crippen LogP contribution in [0.25, 0.3) is 0 Å². The first kappa shape index (κ1) is 13.4. The highest BCUT2D eigenvalue weighted by Crippen LogP contribution is 2.34. The minimum absolute atomic E-state index is 0.416. The molecular weight excluding hydrogens is 226 g/mol. The normalized spacial score (nSPS) is 20.3. The van der Waals surface area contributed by atoms with E-state index in [0.717, 1.165) is 31.7 Å². The van der Waals surface area contributed by atoms with Gasteiger partial charge in [-0.2, -0.15) is 0 Å². The van der Waals surface area contributed by atoms with Crippen molar-refractivity contribution in [2.45, 2.75) is 25.8 Å². The summed E-state index contributed by atoms with van der Waals surface area (Å²) in [6, 6.07) is 6.78. The van der Waals surface area contributed by atoms with Crippen LogP contribution in [0.3, 0.4) is 0 Å². The van der Waals surface area contributed by atoms with Gasteiger partial charge in [-0.05, 0) is 36.9 Å². The molecule has 2 unspecified atom stereocenters. The summed E-state index contributed by atoms with van der Waals surface area (Å²) in [5.41, 5.74) is 2.76. The van der Waals surface area contributed by atoms with E-state index in [0.29, 0.717) is 12.0 Å². The number of benzene rings is 1. The molecule has 0 spiro atoms. The Balaban J connectivity index is 2.22. The first-order chi connectivity index (χ1) is 8.77. The van der Waals surface area contributed by atoms with Crippen LogP contribution >= 0.6 is 0 Å². The summed E-state index contributed by atoms with van der Waals surface area (Å²) in [6.07, 6.45) is 2.12. The first-order valence-electron chi connectivity index (χ1n) is 6.66. The molecule has 100 valence electrons. The Morgan fingerprint density at radius 3 is 2.94 bits per heavy atom. The molecule has 0 fully saturated rings. The van der Waals surface area contributed by atoms with Gasteiger partial charge < -0.3 is 14.8 Å². The third kappa shape index (κ3) is 2.68. The fourth-order valence-electron chi connectivity index (χ4n) is 2.77. The molecule has 0 saturated heterocycles. The van der Waals surface area contributed by atoms with Gasteiger partial charge >= 0.3 is 0 Å². The van der Waals surface area contributed by atoms with Gasteiger partial charge in [-0.3, -0.25) is 0 Å². The number of ether oxygens (including phenoxy) is 2. The van der Waals surface area contributed by atoms with Gasteiger partial charge in [-0.1, -0.05) is 19.1 Å². The molecule has 0 aromatic heterocycles. The van der Waals surface area contributed by atoms with Crippen molar-refractivity contribution in [3.63, 3.8) is 0 Å². The summed E-state index contributed by atoms with van der Waals surface area (Å²) < 4.78 is 10.7. The lowest BCUT2D eigenvalue weighted by Crippen LogP contribution is -2.34. The molecule has 2 atom stereocenters. The highest BCUT2D eigenvalue weighted by Gasteiger charge is 2.26. The zero-order chi connectivity index (χ0) is 13.0. The van der Waals surface area contributed by atoms with Crippen LogP contribution < -0.4 is 10.1 Å². The maximum absolute atomic E-state index is 5.47. The Morgan fingerprint density at radius 1 is 1.39 bits per heavy atom. The largest absolute Gasteiger partial charge is 0.496 e. The second-order valence-corrected chi connectivity index (χ2v) is 4.97. The average molecular weight is 249 g/mol. The van der Waals surface area contributed by atoms with Gasteiger partial charge in [0.05, 0.1) is 7.11 Å². The summed E-state index contributed by atoms with van der Waals surface area (Å²) in [5, 5.41) is 3.62. The van der Waals surface area contributed by atoms with Crippen LogP contribution in [0.5, 0.6) is 5.75 Å². The Hall–Kier alpha value is -1.06. The van der Waals surface area contributed by atoms with E-state index in [9.17, 15) is 0 Å². The number of fused-ring (bicyclic) bond motifs is 1. The van der Waals surface area contributed by atoms with Crippen molar-refractivity contribution in [1.82, 2.24) is 5.32 Å².